The van der Waals surface area contributed by atoms with Crippen molar-refractivity contribution in [1.82, 2.24) is 0 Å². The molecule has 0 heterocycles. The van der Waals surface area contributed by atoms with Gasteiger partial charge in [-0.05, 0) is 41.5 Å². The highest BCUT2D eigenvalue weighted by atomic mass is 79.9. The first-order valence-corrected chi connectivity index (χ1v) is 7.29. The first-order valence-electron chi connectivity index (χ1n) is 6.50. The van der Waals surface area contributed by atoms with Crippen molar-refractivity contribution in [3.63, 3.8) is 0 Å². The smallest absolute Gasteiger partial charge is 0.0390 e. The second-order valence-corrected chi connectivity index (χ2v) is 5.41. The van der Waals surface area contributed by atoms with Gasteiger partial charge in [-0.15, -0.1) is 0 Å². The summed E-state index contributed by atoms with van der Waals surface area (Å²) in [7, 11) is 0. The summed E-state index contributed by atoms with van der Waals surface area (Å²) in [5.41, 5.74) is 4.57. The lowest BCUT2D eigenvalue weighted by atomic mass is 10.1. The molecule has 0 atom stereocenters. The van der Waals surface area contributed by atoms with Gasteiger partial charge in [-0.3, -0.25) is 0 Å². The lowest BCUT2D eigenvalue weighted by molar-refractivity contribution is 1.53. The Morgan fingerprint density at radius 1 is 0.650 bits per heavy atom. The third-order valence-corrected chi connectivity index (χ3v) is 3.80. The molecule has 2 heteroatoms. The highest BCUT2D eigenvalue weighted by Crippen LogP contribution is 2.30. The monoisotopic (exact) mass is 323 g/mol. The van der Waals surface area contributed by atoms with Crippen LogP contribution in [0, 0.1) is 0 Å². The van der Waals surface area contributed by atoms with Gasteiger partial charge in [-0.1, -0.05) is 64.5 Å². The van der Waals surface area contributed by atoms with Gasteiger partial charge in [0.2, 0.25) is 0 Å². The van der Waals surface area contributed by atoms with E-state index in [1.54, 1.807) is 0 Å². The standard InChI is InChI=1S/C18H14BrN/c19-18-12-5-4-11-17(18)14-7-6-10-16(13-14)20-15-8-2-1-3-9-15/h1-13,20H. The lowest BCUT2D eigenvalue weighted by Gasteiger charge is -2.09. The van der Waals surface area contributed by atoms with E-state index in [1.807, 2.05) is 24.3 Å². The number of anilines is 2. The zero-order chi connectivity index (χ0) is 13.8. The van der Waals surface area contributed by atoms with Gasteiger partial charge in [0.1, 0.15) is 0 Å². The normalized spacial score (nSPS) is 10.2. The second kappa shape index (κ2) is 5.93. The number of nitrogens with one attached hydrogen (secondary N) is 1. The van der Waals surface area contributed by atoms with E-state index in [4.69, 9.17) is 0 Å². The van der Waals surface area contributed by atoms with Gasteiger partial charge in [0.05, 0.1) is 0 Å². The lowest BCUT2D eigenvalue weighted by Crippen LogP contribution is -1.90. The van der Waals surface area contributed by atoms with Crippen molar-refractivity contribution in [2.45, 2.75) is 0 Å². The van der Waals surface area contributed by atoms with Crippen molar-refractivity contribution in [2.75, 3.05) is 5.32 Å². The van der Waals surface area contributed by atoms with Crippen LogP contribution in [0.5, 0.6) is 0 Å². The summed E-state index contributed by atoms with van der Waals surface area (Å²) < 4.78 is 1.11. The Hall–Kier alpha value is -2.06. The van der Waals surface area contributed by atoms with E-state index >= 15 is 0 Å². The van der Waals surface area contributed by atoms with Gasteiger partial charge in [0.25, 0.3) is 0 Å². The van der Waals surface area contributed by atoms with Crippen LogP contribution in [0.15, 0.2) is 83.3 Å². The molecule has 3 rings (SSSR count). The number of rotatable bonds is 3. The molecule has 0 radical (unpaired) electrons. The minimum atomic E-state index is 1.09. The summed E-state index contributed by atoms with van der Waals surface area (Å²) >= 11 is 3.60. The van der Waals surface area contributed by atoms with Crippen molar-refractivity contribution in [3.05, 3.63) is 83.3 Å². The fourth-order valence-corrected chi connectivity index (χ4v) is 2.66. The van der Waals surface area contributed by atoms with Gasteiger partial charge in [-0.25, -0.2) is 0 Å². The number of hydrogen-bond donors (Lipinski definition) is 1. The maximum absolute atomic E-state index is 3.60. The van der Waals surface area contributed by atoms with Crippen LogP contribution < -0.4 is 5.32 Å². The Labute approximate surface area is 127 Å². The number of para-hydroxylation sites is 1. The van der Waals surface area contributed by atoms with Crippen molar-refractivity contribution in [1.29, 1.82) is 0 Å². The first-order chi connectivity index (χ1) is 9.83. The van der Waals surface area contributed by atoms with E-state index in [0.29, 0.717) is 0 Å². The SMILES string of the molecule is Brc1ccccc1-c1cccc(Nc2ccccc2)c1. The van der Waals surface area contributed by atoms with Crippen molar-refractivity contribution >= 4 is 27.3 Å². The van der Waals surface area contributed by atoms with Crippen molar-refractivity contribution in [3.8, 4) is 11.1 Å². The highest BCUT2D eigenvalue weighted by molar-refractivity contribution is 9.10. The van der Waals surface area contributed by atoms with Gasteiger partial charge < -0.3 is 5.32 Å². The molecule has 0 fully saturated rings. The van der Waals surface area contributed by atoms with Crippen LogP contribution in [0.25, 0.3) is 11.1 Å². The van der Waals surface area contributed by atoms with Gasteiger partial charge in [0.15, 0.2) is 0 Å². The Balaban J connectivity index is 1.92. The van der Waals surface area contributed by atoms with Crippen LogP contribution in [0.2, 0.25) is 0 Å². The molecular formula is C18H14BrN. The molecule has 0 unspecified atom stereocenters. The van der Waals surface area contributed by atoms with Gasteiger partial charge in [0, 0.05) is 15.8 Å². The first kappa shape index (κ1) is 12.9. The molecule has 0 spiro atoms. The fraction of sp³-hybridized carbons (Fsp3) is 0. The average molecular weight is 324 g/mol. The molecule has 98 valence electrons. The predicted octanol–water partition coefficient (Wildman–Crippen LogP) is 5.86. The van der Waals surface area contributed by atoms with Crippen LogP contribution in [0.1, 0.15) is 0 Å². The minimum absolute atomic E-state index is 1.09. The molecule has 0 aromatic heterocycles. The maximum atomic E-state index is 3.60. The summed E-state index contributed by atoms with van der Waals surface area (Å²) in [6.07, 6.45) is 0. The summed E-state index contributed by atoms with van der Waals surface area (Å²) in [6.45, 7) is 0. The molecule has 0 bridgehead atoms. The third-order valence-electron chi connectivity index (χ3n) is 3.11. The summed E-state index contributed by atoms with van der Waals surface area (Å²) in [5, 5.41) is 3.42. The van der Waals surface area contributed by atoms with E-state index in [-0.39, 0.29) is 0 Å². The van der Waals surface area contributed by atoms with E-state index in [2.05, 4.69) is 75.8 Å². The van der Waals surface area contributed by atoms with Crippen molar-refractivity contribution < 1.29 is 0 Å². The van der Waals surface area contributed by atoms with Gasteiger partial charge >= 0.3 is 0 Å². The van der Waals surface area contributed by atoms with Crippen LogP contribution in [-0.4, -0.2) is 0 Å². The number of hydrogen-bond acceptors (Lipinski definition) is 1. The number of benzene rings is 3. The molecule has 3 aromatic rings. The molecule has 1 N–H and O–H groups in total. The van der Waals surface area contributed by atoms with Crippen molar-refractivity contribution in [2.24, 2.45) is 0 Å². The topological polar surface area (TPSA) is 12.0 Å². The maximum Gasteiger partial charge on any atom is 0.0390 e. The molecular weight excluding hydrogens is 310 g/mol. The third kappa shape index (κ3) is 2.91. The second-order valence-electron chi connectivity index (χ2n) is 4.55. The van der Waals surface area contributed by atoms with E-state index < -0.39 is 0 Å². The van der Waals surface area contributed by atoms with Crippen LogP contribution in [-0.2, 0) is 0 Å². The largest absolute Gasteiger partial charge is 0.356 e. The zero-order valence-corrected chi connectivity index (χ0v) is 12.5. The predicted molar refractivity (Wildman–Crippen MR) is 89.3 cm³/mol. The molecule has 20 heavy (non-hydrogen) atoms. The molecule has 0 aliphatic rings. The fourth-order valence-electron chi connectivity index (χ4n) is 2.15. The Morgan fingerprint density at radius 2 is 1.35 bits per heavy atom. The molecule has 1 nitrogen and oxygen atoms in total. The summed E-state index contributed by atoms with van der Waals surface area (Å²) in [5.74, 6) is 0. The van der Waals surface area contributed by atoms with Crippen LogP contribution in [0.3, 0.4) is 0 Å². The molecule has 0 amide bonds. The molecule has 0 aliphatic carbocycles. The summed E-state index contributed by atoms with van der Waals surface area (Å²) in [6, 6.07) is 26.9. The number of halogens is 1. The van der Waals surface area contributed by atoms with Crippen LogP contribution >= 0.6 is 15.9 Å². The quantitative estimate of drug-likeness (QED) is 0.636. The Bertz CT molecular complexity index is 707. The zero-order valence-electron chi connectivity index (χ0n) is 10.9. The Kier molecular flexibility index (Phi) is 3.84. The van der Waals surface area contributed by atoms with Gasteiger partial charge in [-0.2, -0.15) is 0 Å². The molecule has 0 saturated carbocycles. The Morgan fingerprint density at radius 3 is 2.15 bits per heavy atom. The highest BCUT2D eigenvalue weighted by Gasteiger charge is 2.03. The van der Waals surface area contributed by atoms with E-state index in [9.17, 15) is 0 Å². The van der Waals surface area contributed by atoms with E-state index in [1.165, 1.54) is 11.1 Å². The minimum Gasteiger partial charge on any atom is -0.356 e. The summed E-state index contributed by atoms with van der Waals surface area (Å²) in [4.78, 5) is 0. The molecule has 3 aromatic carbocycles. The molecule has 0 saturated heterocycles. The van der Waals surface area contributed by atoms with E-state index in [0.717, 1.165) is 15.8 Å². The average Bonchev–Trinajstić information content (AvgIpc) is 2.49. The van der Waals surface area contributed by atoms with Crippen LogP contribution in [0.4, 0.5) is 11.4 Å². The molecule has 0 aliphatic heterocycles.